The summed E-state index contributed by atoms with van der Waals surface area (Å²) in [4.78, 5) is 36.7. The fraction of sp³-hybridized carbons (Fsp3) is 0.405. The zero-order valence-electron chi connectivity index (χ0n) is 29.7. The number of carbonyl (C=O) groups excluding carboxylic acids is 2. The maximum atomic E-state index is 13.6. The number of benzene rings is 2. The summed E-state index contributed by atoms with van der Waals surface area (Å²) < 4.78 is 46.3. The Balaban J connectivity index is 0.909. The monoisotopic (exact) mass is 758 g/mol. The number of hydrogen-bond acceptors (Lipinski definition) is 10. The van der Waals surface area contributed by atoms with Gasteiger partial charge >= 0.3 is 12.6 Å². The van der Waals surface area contributed by atoms with Gasteiger partial charge in [-0.1, -0.05) is 18.2 Å². The number of anilines is 2. The molecular weight excluding hydrogens is 719 g/mol. The molecule has 3 amide bonds. The number of alkyl halides is 2. The van der Waals surface area contributed by atoms with E-state index in [2.05, 4.69) is 59.6 Å². The molecule has 3 aliphatic heterocycles. The van der Waals surface area contributed by atoms with Crippen LogP contribution in [-0.4, -0.2) is 97.0 Å². The summed E-state index contributed by atoms with van der Waals surface area (Å²) >= 11 is 0. The zero-order chi connectivity index (χ0) is 37.8. The Kier molecular flexibility index (Phi) is 11.2. The summed E-state index contributed by atoms with van der Waals surface area (Å²) in [5, 5.41) is 20.8. The maximum Gasteiger partial charge on any atom is 0.387 e. The summed E-state index contributed by atoms with van der Waals surface area (Å²) in [5.41, 5.74) is 3.42. The highest BCUT2D eigenvalue weighted by atomic mass is 32.2. The van der Waals surface area contributed by atoms with Crippen LogP contribution in [0.4, 0.5) is 25.3 Å². The predicted molar refractivity (Wildman–Crippen MR) is 198 cm³/mol. The van der Waals surface area contributed by atoms with E-state index in [1.165, 1.54) is 22.9 Å². The molecule has 17 heteroatoms. The van der Waals surface area contributed by atoms with E-state index < -0.39 is 23.6 Å². The molecule has 0 saturated carbocycles. The average molecular weight is 759 g/mol. The minimum atomic E-state index is -2.94. The molecule has 282 valence electrons. The molecule has 0 bridgehead atoms. The molecule has 2 aromatic carbocycles. The van der Waals surface area contributed by atoms with Crippen LogP contribution >= 0.6 is 0 Å². The number of urea groups is 1. The van der Waals surface area contributed by atoms with Gasteiger partial charge in [0.05, 0.1) is 34.4 Å². The number of nitrogens with zero attached hydrogens (tertiary/aromatic N) is 8. The molecule has 1 unspecified atom stereocenters. The van der Waals surface area contributed by atoms with Crippen LogP contribution in [0.5, 0.6) is 5.75 Å². The van der Waals surface area contributed by atoms with Crippen molar-refractivity contribution in [1.82, 2.24) is 34.3 Å². The van der Waals surface area contributed by atoms with Crippen LogP contribution in [0, 0.1) is 11.3 Å². The smallest absolute Gasteiger partial charge is 0.387 e. The number of aryl methyl sites for hydroxylation is 1. The van der Waals surface area contributed by atoms with Crippen molar-refractivity contribution in [3.05, 3.63) is 71.6 Å². The maximum absolute atomic E-state index is 13.6. The quantitative estimate of drug-likeness (QED) is 0.218. The average Bonchev–Trinajstić information content (AvgIpc) is 3.50. The molecule has 7 rings (SSSR count). The Hall–Kier alpha value is -5.31. The van der Waals surface area contributed by atoms with Gasteiger partial charge in [0.15, 0.2) is 11.6 Å². The van der Waals surface area contributed by atoms with Gasteiger partial charge in [0.1, 0.15) is 11.0 Å². The second-order valence-electron chi connectivity index (χ2n) is 13.5. The van der Waals surface area contributed by atoms with E-state index in [4.69, 9.17) is 0 Å². The van der Waals surface area contributed by atoms with Crippen LogP contribution in [0.3, 0.4) is 0 Å². The van der Waals surface area contributed by atoms with E-state index in [1.807, 2.05) is 29.6 Å². The van der Waals surface area contributed by atoms with Gasteiger partial charge in [0.2, 0.25) is 11.9 Å². The van der Waals surface area contributed by atoms with Crippen molar-refractivity contribution in [3.8, 4) is 11.8 Å². The number of amides is 3. The Labute approximate surface area is 313 Å². The van der Waals surface area contributed by atoms with Crippen molar-refractivity contribution in [1.29, 1.82) is 5.26 Å². The summed E-state index contributed by atoms with van der Waals surface area (Å²) in [6.07, 6.45) is 9.97. The van der Waals surface area contributed by atoms with Crippen molar-refractivity contribution in [2.24, 2.45) is 7.05 Å². The number of hydrogen-bond donors (Lipinski definition) is 2. The molecule has 0 aliphatic carbocycles. The van der Waals surface area contributed by atoms with E-state index in [0.29, 0.717) is 60.6 Å². The van der Waals surface area contributed by atoms with Crippen molar-refractivity contribution >= 4 is 51.7 Å². The first-order valence-corrected chi connectivity index (χ1v) is 19.0. The molecule has 1 atom stereocenters. The minimum Gasteiger partial charge on any atom is -0.432 e. The van der Waals surface area contributed by atoms with E-state index in [0.717, 1.165) is 48.9 Å². The highest BCUT2D eigenvalue weighted by Gasteiger charge is 2.29. The largest absolute Gasteiger partial charge is 0.432 e. The molecule has 4 aromatic rings. The molecule has 2 aromatic heterocycles. The number of nitriles is 1. The van der Waals surface area contributed by atoms with Crippen molar-refractivity contribution in [2.75, 3.05) is 49.5 Å². The number of halogens is 2. The lowest BCUT2D eigenvalue weighted by Crippen LogP contribution is -2.49. The van der Waals surface area contributed by atoms with E-state index in [1.54, 1.807) is 16.8 Å². The number of carbonyl (C=O) groups is 2. The third kappa shape index (κ3) is 8.40. The second kappa shape index (κ2) is 16.4. The van der Waals surface area contributed by atoms with Gasteiger partial charge in [-0.05, 0) is 86.1 Å². The summed E-state index contributed by atoms with van der Waals surface area (Å²) in [5.74, 6) is 0.867. The highest BCUT2D eigenvalue weighted by molar-refractivity contribution is 7.82. The van der Waals surface area contributed by atoms with Crippen molar-refractivity contribution < 1.29 is 27.3 Å². The number of likely N-dealkylation sites (tertiary alicyclic amines) is 1. The molecule has 5 heterocycles. The molecular formula is C37H40F2N10O4S. The molecule has 0 spiro atoms. The lowest BCUT2D eigenvalue weighted by atomic mass is 9.89. The van der Waals surface area contributed by atoms with Crippen molar-refractivity contribution in [2.45, 2.75) is 55.6 Å². The molecule has 3 aliphatic rings. The van der Waals surface area contributed by atoms with Gasteiger partial charge in [0, 0.05) is 51.1 Å². The standard InChI is InChI=1S/C37H40F2N10O4S/c1-46-32-20-26(5-7-31(32)34(45-46)49-18-12-33(50)44-37(49)51)24-8-14-47(15-9-24)13-2-3-25-19-30(6-4-27(25)21-40)54(52)48-16-10-28(11-17-48)43-36-41-22-29(23-42-36)53-35(38)39/h2-7,19-20,22-24,28,35H,8-18H2,1H3,(H,41,42,43)(H,44,50,51)/b3-2-. The predicted octanol–water partition coefficient (Wildman–Crippen LogP) is 4.77. The lowest BCUT2D eigenvalue weighted by Gasteiger charge is -2.31. The zero-order valence-corrected chi connectivity index (χ0v) is 30.5. The first-order valence-electron chi connectivity index (χ1n) is 17.9. The van der Waals surface area contributed by atoms with E-state index in [9.17, 15) is 27.8 Å². The van der Waals surface area contributed by atoms with Gasteiger partial charge in [-0.15, -0.1) is 0 Å². The Morgan fingerprint density at radius 1 is 1.06 bits per heavy atom. The second-order valence-corrected chi connectivity index (χ2v) is 15.0. The lowest BCUT2D eigenvalue weighted by molar-refractivity contribution is -0.120. The van der Waals surface area contributed by atoms with Crippen molar-refractivity contribution in [3.63, 3.8) is 0 Å². The van der Waals surface area contributed by atoms with Crippen LogP contribution in [0.1, 0.15) is 54.7 Å². The van der Waals surface area contributed by atoms with E-state index in [-0.39, 0.29) is 24.1 Å². The van der Waals surface area contributed by atoms with Gasteiger partial charge in [-0.3, -0.25) is 24.6 Å². The van der Waals surface area contributed by atoms with E-state index >= 15 is 0 Å². The van der Waals surface area contributed by atoms with Gasteiger partial charge < -0.3 is 10.1 Å². The van der Waals surface area contributed by atoms with Gasteiger partial charge in [-0.25, -0.2) is 23.3 Å². The molecule has 14 nitrogen and oxygen atoms in total. The minimum absolute atomic E-state index is 0.0350. The summed E-state index contributed by atoms with van der Waals surface area (Å²) in [6, 6.07) is 13.4. The normalized spacial score (nSPS) is 18.7. The van der Waals surface area contributed by atoms with Crippen LogP contribution in [0.25, 0.3) is 17.0 Å². The summed E-state index contributed by atoms with van der Waals surface area (Å²) in [6.45, 7) is 1.04. The SMILES string of the molecule is Cn1nc(N2CCC(=O)NC2=O)c2ccc(C3CCN(C/C=C\c4cc(S(=O)N5CCC(Nc6ncc(OC(F)F)cn6)CC5)ccc4C#N)CC3)cc21. The van der Waals surface area contributed by atoms with Crippen LogP contribution in [0.15, 0.2) is 59.8 Å². The van der Waals surface area contributed by atoms with Crippen LogP contribution in [0.2, 0.25) is 0 Å². The summed E-state index contributed by atoms with van der Waals surface area (Å²) in [7, 11) is 0.454. The fourth-order valence-corrected chi connectivity index (χ4v) is 8.45. The van der Waals surface area contributed by atoms with Gasteiger partial charge in [-0.2, -0.15) is 19.1 Å². The number of piperidine rings is 2. The fourth-order valence-electron chi connectivity index (χ4n) is 7.19. The molecule has 54 heavy (non-hydrogen) atoms. The Morgan fingerprint density at radius 2 is 1.81 bits per heavy atom. The number of fused-ring (bicyclic) bond motifs is 1. The Morgan fingerprint density at radius 3 is 2.52 bits per heavy atom. The number of aromatic nitrogens is 4. The first-order chi connectivity index (χ1) is 26.1. The molecule has 3 fully saturated rings. The third-order valence-electron chi connectivity index (χ3n) is 10.1. The topological polar surface area (TPSA) is 162 Å². The molecule has 3 saturated heterocycles. The third-order valence-corrected chi connectivity index (χ3v) is 11.6. The van der Waals surface area contributed by atoms with Gasteiger partial charge in [0.25, 0.3) is 0 Å². The number of nitrogens with one attached hydrogen (secondary N) is 2. The number of imide groups is 1. The van der Waals surface area contributed by atoms with Crippen LogP contribution in [-0.2, 0) is 22.8 Å². The number of rotatable bonds is 11. The first kappa shape index (κ1) is 37.0. The molecule has 2 N–H and O–H groups in total. The Bertz CT molecular complexity index is 2110. The van der Waals surface area contributed by atoms with Crippen LogP contribution < -0.4 is 20.3 Å². The number of ether oxygens (including phenoxy) is 1. The highest BCUT2D eigenvalue weighted by Crippen LogP contribution is 2.34. The molecule has 0 radical (unpaired) electrons.